The maximum absolute atomic E-state index is 5.96. The molecule has 10 heteroatoms. The zero-order valence-corrected chi connectivity index (χ0v) is 21.6. The second kappa shape index (κ2) is 11.5. The van der Waals surface area contributed by atoms with Gasteiger partial charge in [-0.1, -0.05) is 30.3 Å². The summed E-state index contributed by atoms with van der Waals surface area (Å²) in [5.41, 5.74) is 1.04. The third kappa shape index (κ3) is 6.19. The average Bonchev–Trinajstić information content (AvgIpc) is 3.38. The molecule has 0 aliphatic carbocycles. The highest BCUT2D eigenvalue weighted by atomic mass is 32.2. The molecular weight excluding hydrogens is 490 g/mol. The fraction of sp³-hybridized carbons (Fsp3) is 0.269. The minimum absolute atomic E-state index is 0.412. The van der Waals surface area contributed by atoms with Gasteiger partial charge in [-0.25, -0.2) is 15.0 Å². The third-order valence-corrected chi connectivity index (χ3v) is 6.95. The maximum Gasteiger partial charge on any atom is 0.232 e. The molecule has 1 aromatic carbocycles. The van der Waals surface area contributed by atoms with Gasteiger partial charge in [0.25, 0.3) is 0 Å². The topological polar surface area (TPSA) is 92.0 Å². The van der Waals surface area contributed by atoms with E-state index < -0.39 is 0 Å². The Labute approximate surface area is 220 Å². The fourth-order valence-corrected chi connectivity index (χ4v) is 4.96. The van der Waals surface area contributed by atoms with E-state index in [1.165, 1.54) is 18.2 Å². The van der Waals surface area contributed by atoms with Crippen LogP contribution in [0.2, 0.25) is 0 Å². The van der Waals surface area contributed by atoms with Crippen LogP contribution in [0.15, 0.2) is 81.6 Å². The molecule has 2 N–H and O–H groups in total. The number of hydrogen-bond donors (Lipinski definition) is 2. The van der Waals surface area contributed by atoms with E-state index >= 15 is 0 Å². The molecule has 1 unspecified atom stereocenters. The Balaban J connectivity index is 1.29. The zero-order chi connectivity index (χ0) is 24.7. The second-order valence-electron chi connectivity index (χ2n) is 8.50. The molecule has 184 valence electrons. The van der Waals surface area contributed by atoms with Crippen LogP contribution in [0, 0.1) is 0 Å². The molecule has 4 aromatic rings. The van der Waals surface area contributed by atoms with E-state index in [0.29, 0.717) is 28.8 Å². The number of anilines is 2. The normalized spacial score (nSPS) is 15.5. The molecule has 0 bridgehead atoms. The Morgan fingerprint density at radius 3 is 2.72 bits per heavy atom. The first-order valence-corrected chi connectivity index (χ1v) is 13.2. The number of aromatic nitrogens is 4. The van der Waals surface area contributed by atoms with Crippen LogP contribution in [-0.2, 0) is 6.54 Å². The molecular formula is C26H27N7OS2. The van der Waals surface area contributed by atoms with E-state index in [1.54, 1.807) is 18.5 Å². The molecule has 4 heterocycles. The summed E-state index contributed by atoms with van der Waals surface area (Å²) in [6, 6.07) is 18.1. The fourth-order valence-electron chi connectivity index (χ4n) is 4.08. The molecule has 3 aromatic heterocycles. The summed E-state index contributed by atoms with van der Waals surface area (Å²) in [4.78, 5) is 20.4. The van der Waals surface area contributed by atoms with Crippen LogP contribution < -0.4 is 15.5 Å². The lowest BCUT2D eigenvalue weighted by atomic mass is 10.0. The Morgan fingerprint density at radius 2 is 1.92 bits per heavy atom. The molecule has 1 fully saturated rings. The molecule has 1 aliphatic heterocycles. The molecule has 1 atom stereocenters. The highest BCUT2D eigenvalue weighted by Crippen LogP contribution is 2.30. The van der Waals surface area contributed by atoms with Crippen molar-refractivity contribution in [3.63, 3.8) is 0 Å². The van der Waals surface area contributed by atoms with Crippen LogP contribution in [0.3, 0.4) is 0 Å². The van der Waals surface area contributed by atoms with E-state index in [9.17, 15) is 0 Å². The van der Waals surface area contributed by atoms with Gasteiger partial charge >= 0.3 is 0 Å². The summed E-state index contributed by atoms with van der Waals surface area (Å²) in [7, 11) is 0. The van der Waals surface area contributed by atoms with Gasteiger partial charge in [-0.15, -0.1) is 0 Å². The number of piperidine rings is 1. The third-order valence-electron chi connectivity index (χ3n) is 5.89. The summed E-state index contributed by atoms with van der Waals surface area (Å²) < 4.78 is 5.96. The van der Waals surface area contributed by atoms with Gasteiger partial charge in [-0.2, -0.15) is 4.98 Å². The van der Waals surface area contributed by atoms with Crippen LogP contribution >= 0.6 is 24.0 Å². The summed E-state index contributed by atoms with van der Waals surface area (Å²) in [5.74, 6) is 2.92. The number of nitrogens with one attached hydrogen (secondary N) is 2. The summed E-state index contributed by atoms with van der Waals surface area (Å²) in [6.45, 7) is 3.65. The number of hydrogen-bond acceptors (Lipinski definition) is 8. The molecule has 0 radical (unpaired) electrons. The Kier molecular flexibility index (Phi) is 7.73. The lowest BCUT2D eigenvalue weighted by Gasteiger charge is -2.34. The van der Waals surface area contributed by atoms with Crippen molar-refractivity contribution < 1.29 is 4.42 Å². The average molecular weight is 518 g/mol. The summed E-state index contributed by atoms with van der Waals surface area (Å²) >= 11 is 6.94. The maximum atomic E-state index is 5.96. The molecule has 1 saturated heterocycles. The quantitative estimate of drug-likeness (QED) is 0.185. The number of nitrogens with zero attached hydrogens (tertiary/aromatic N) is 5. The van der Waals surface area contributed by atoms with Crippen molar-refractivity contribution in [1.29, 1.82) is 0 Å². The SMILES string of the molecule is CC1CCCCN1c1cc(Sc2ncccn2)nc(NC(=S)NCc2ccc(-c3ccccc3)o2)n1. The van der Waals surface area contributed by atoms with Crippen molar-refractivity contribution >= 4 is 40.9 Å². The standard InChI is InChI=1S/C26H27N7OS2/c1-18-8-5-6-15-33(18)22-16-23(36-26-27-13-7-14-28-26)31-24(30-22)32-25(35)29-17-20-11-12-21(34-20)19-9-3-2-4-10-19/h2-4,7,9-14,16,18H,5-6,8,15,17H2,1H3,(H2,29,30,31,32,35). The lowest BCUT2D eigenvalue weighted by Crippen LogP contribution is -2.38. The summed E-state index contributed by atoms with van der Waals surface area (Å²) in [6.07, 6.45) is 6.97. The van der Waals surface area contributed by atoms with Gasteiger partial charge in [0.2, 0.25) is 5.95 Å². The number of rotatable bonds is 7. The van der Waals surface area contributed by atoms with E-state index in [0.717, 1.165) is 47.3 Å². The Morgan fingerprint density at radius 1 is 1.08 bits per heavy atom. The summed E-state index contributed by atoms with van der Waals surface area (Å²) in [5, 5.41) is 8.15. The minimum atomic E-state index is 0.412. The lowest BCUT2D eigenvalue weighted by molar-refractivity contribution is 0.480. The van der Waals surface area contributed by atoms with Gasteiger partial charge in [-0.05, 0) is 68.4 Å². The zero-order valence-electron chi connectivity index (χ0n) is 19.9. The van der Waals surface area contributed by atoms with E-state index in [-0.39, 0.29) is 0 Å². The molecule has 8 nitrogen and oxygen atoms in total. The van der Waals surface area contributed by atoms with Crippen LogP contribution in [0.25, 0.3) is 11.3 Å². The first kappa shape index (κ1) is 24.2. The molecule has 0 amide bonds. The van der Waals surface area contributed by atoms with E-state index in [1.807, 2.05) is 48.5 Å². The molecule has 0 spiro atoms. The van der Waals surface area contributed by atoms with Crippen LogP contribution in [0.4, 0.5) is 11.8 Å². The van der Waals surface area contributed by atoms with E-state index in [2.05, 4.69) is 37.4 Å². The van der Waals surface area contributed by atoms with Crippen molar-refractivity contribution in [3.8, 4) is 11.3 Å². The van der Waals surface area contributed by atoms with Gasteiger partial charge < -0.3 is 20.0 Å². The number of benzene rings is 1. The smallest absolute Gasteiger partial charge is 0.232 e. The Bertz CT molecular complexity index is 1300. The van der Waals surface area contributed by atoms with E-state index in [4.69, 9.17) is 21.6 Å². The van der Waals surface area contributed by atoms with Gasteiger partial charge in [0.15, 0.2) is 10.3 Å². The molecule has 0 saturated carbocycles. The van der Waals surface area contributed by atoms with Crippen LogP contribution in [0.1, 0.15) is 31.9 Å². The van der Waals surface area contributed by atoms with Crippen LogP contribution in [-0.4, -0.2) is 37.6 Å². The van der Waals surface area contributed by atoms with Crippen molar-refractivity contribution in [1.82, 2.24) is 25.3 Å². The highest BCUT2D eigenvalue weighted by molar-refractivity contribution is 7.99. The largest absolute Gasteiger partial charge is 0.459 e. The number of thiocarbonyl (C=S) groups is 1. The number of furan rings is 1. The Hall–Kier alpha value is -3.50. The molecule has 36 heavy (non-hydrogen) atoms. The van der Waals surface area contributed by atoms with Gasteiger partial charge in [0, 0.05) is 36.6 Å². The minimum Gasteiger partial charge on any atom is -0.459 e. The van der Waals surface area contributed by atoms with Crippen molar-refractivity contribution in [2.45, 2.75) is 49.0 Å². The monoisotopic (exact) mass is 517 g/mol. The van der Waals surface area contributed by atoms with Gasteiger partial charge in [0.1, 0.15) is 22.4 Å². The van der Waals surface area contributed by atoms with Crippen molar-refractivity contribution in [2.24, 2.45) is 0 Å². The molecule has 1 aliphatic rings. The first-order valence-electron chi connectivity index (χ1n) is 11.9. The predicted octanol–water partition coefficient (Wildman–Crippen LogP) is 5.54. The molecule has 5 rings (SSSR count). The van der Waals surface area contributed by atoms with Crippen molar-refractivity contribution in [2.75, 3.05) is 16.8 Å². The predicted molar refractivity (Wildman–Crippen MR) is 146 cm³/mol. The van der Waals surface area contributed by atoms with Gasteiger partial charge in [0.05, 0.1) is 6.54 Å². The van der Waals surface area contributed by atoms with Crippen LogP contribution in [0.5, 0.6) is 0 Å². The van der Waals surface area contributed by atoms with Crippen molar-refractivity contribution in [3.05, 3.63) is 72.8 Å². The first-order chi connectivity index (χ1) is 17.6. The second-order valence-corrected chi connectivity index (χ2v) is 9.90. The van der Waals surface area contributed by atoms with Gasteiger partial charge in [-0.3, -0.25) is 0 Å². The highest BCUT2D eigenvalue weighted by Gasteiger charge is 2.21.